The van der Waals surface area contributed by atoms with Crippen LogP contribution in [-0.2, 0) is 0 Å². The second-order valence-electron chi connectivity index (χ2n) is 11.5. The number of halogens is 2. The monoisotopic (exact) mass is 560 g/mol. The van der Waals surface area contributed by atoms with Gasteiger partial charge in [0, 0.05) is 50.0 Å². The zero-order valence-electron chi connectivity index (χ0n) is 24.2. The molecule has 1 unspecified atom stereocenters. The number of nitrogens with zero attached hydrogens (tertiary/aromatic N) is 7. The molecule has 4 heterocycles. The minimum Gasteiger partial charge on any atom is -0.326 e. The predicted molar refractivity (Wildman–Crippen MR) is 157 cm³/mol. The number of piperazine rings is 1. The molecule has 2 aliphatic rings. The smallest absolute Gasteiger partial charge is 0.229 e. The molecule has 0 bridgehead atoms. The molecule has 4 aromatic rings. The highest BCUT2D eigenvalue weighted by Gasteiger charge is 2.34. The number of pyridine rings is 1. The first-order valence-electron chi connectivity index (χ1n) is 14.7. The molecule has 10 heteroatoms. The summed E-state index contributed by atoms with van der Waals surface area (Å²) in [7, 11) is 0. The van der Waals surface area contributed by atoms with Gasteiger partial charge in [0.1, 0.15) is 22.9 Å². The Morgan fingerprint density at radius 2 is 1.76 bits per heavy atom. The van der Waals surface area contributed by atoms with Gasteiger partial charge in [-0.2, -0.15) is 0 Å². The molecular weight excluding hydrogens is 522 g/mol. The van der Waals surface area contributed by atoms with E-state index < -0.39 is 11.6 Å². The number of rotatable bonds is 8. The van der Waals surface area contributed by atoms with Crippen LogP contribution in [0.2, 0.25) is 0 Å². The Morgan fingerprint density at radius 3 is 2.39 bits per heavy atom. The van der Waals surface area contributed by atoms with Crippen molar-refractivity contribution >= 4 is 22.8 Å². The molecule has 0 amide bonds. The first kappa shape index (κ1) is 27.7. The fourth-order valence-electron chi connectivity index (χ4n) is 6.35. The number of hydrogen-bond acceptors (Lipinski definition) is 7. The van der Waals surface area contributed by atoms with Crippen molar-refractivity contribution in [2.75, 3.05) is 38.0 Å². The van der Waals surface area contributed by atoms with E-state index in [0.29, 0.717) is 34.7 Å². The lowest BCUT2D eigenvalue weighted by Gasteiger charge is -2.45. The van der Waals surface area contributed by atoms with Crippen LogP contribution in [0.3, 0.4) is 0 Å². The molecule has 6 rings (SSSR count). The zero-order chi connectivity index (χ0) is 28.7. The SMILES string of the molecule is CCN1CCN(C(c2ccc(Nc3ncc(F)c(-c4cc(F)c5nc(C)n(C(C)C)c5c4)n3)nc2)C2CCC2)CC1. The van der Waals surface area contributed by atoms with Gasteiger partial charge in [-0.25, -0.2) is 28.7 Å². The molecule has 1 saturated heterocycles. The number of fused-ring (bicyclic) bond motifs is 1. The van der Waals surface area contributed by atoms with Crippen molar-refractivity contribution in [2.24, 2.45) is 5.92 Å². The van der Waals surface area contributed by atoms with Crippen molar-refractivity contribution in [3.63, 3.8) is 0 Å². The average Bonchev–Trinajstić information content (AvgIpc) is 3.29. The van der Waals surface area contributed by atoms with Gasteiger partial charge >= 0.3 is 0 Å². The second kappa shape index (κ2) is 11.4. The molecule has 1 aliphatic carbocycles. The van der Waals surface area contributed by atoms with E-state index in [9.17, 15) is 4.39 Å². The van der Waals surface area contributed by atoms with Gasteiger partial charge in [-0.15, -0.1) is 0 Å². The Hall–Kier alpha value is -3.50. The first-order valence-corrected chi connectivity index (χ1v) is 14.7. The highest BCUT2D eigenvalue weighted by molar-refractivity contribution is 5.83. The topological polar surface area (TPSA) is 75.0 Å². The summed E-state index contributed by atoms with van der Waals surface area (Å²) < 4.78 is 31.9. The van der Waals surface area contributed by atoms with Crippen LogP contribution in [0.15, 0.2) is 36.7 Å². The van der Waals surface area contributed by atoms with E-state index in [-0.39, 0.29) is 23.2 Å². The van der Waals surface area contributed by atoms with Crippen LogP contribution >= 0.6 is 0 Å². The van der Waals surface area contributed by atoms with Crippen molar-refractivity contribution < 1.29 is 8.78 Å². The number of aryl methyl sites for hydroxylation is 1. The van der Waals surface area contributed by atoms with E-state index in [4.69, 9.17) is 0 Å². The summed E-state index contributed by atoms with van der Waals surface area (Å²) in [6.45, 7) is 13.5. The van der Waals surface area contributed by atoms with Gasteiger partial charge < -0.3 is 14.8 Å². The molecule has 1 aromatic carbocycles. The molecule has 1 N–H and O–H groups in total. The number of aromatic nitrogens is 5. The van der Waals surface area contributed by atoms with E-state index in [1.165, 1.54) is 30.9 Å². The van der Waals surface area contributed by atoms with Gasteiger partial charge in [-0.1, -0.05) is 19.4 Å². The van der Waals surface area contributed by atoms with Gasteiger partial charge in [0.25, 0.3) is 0 Å². The van der Waals surface area contributed by atoms with Crippen LogP contribution in [0.1, 0.15) is 63.5 Å². The summed E-state index contributed by atoms with van der Waals surface area (Å²) >= 11 is 0. The van der Waals surface area contributed by atoms with Crippen molar-refractivity contribution in [2.45, 2.75) is 59.0 Å². The zero-order valence-corrected chi connectivity index (χ0v) is 24.2. The third-order valence-corrected chi connectivity index (χ3v) is 8.67. The molecule has 0 spiro atoms. The molecule has 2 fully saturated rings. The average molecular weight is 561 g/mol. The van der Waals surface area contributed by atoms with E-state index in [1.807, 2.05) is 37.6 Å². The summed E-state index contributed by atoms with van der Waals surface area (Å²) in [5, 5.41) is 3.11. The largest absolute Gasteiger partial charge is 0.326 e. The number of nitrogens with one attached hydrogen (secondary N) is 1. The molecule has 0 radical (unpaired) electrons. The normalized spacial score (nSPS) is 17.7. The number of anilines is 2. The van der Waals surface area contributed by atoms with Crippen molar-refractivity contribution in [1.82, 2.24) is 34.3 Å². The lowest BCUT2D eigenvalue weighted by molar-refractivity contribution is 0.0467. The minimum absolute atomic E-state index is 0.0188. The summed E-state index contributed by atoms with van der Waals surface area (Å²) in [4.78, 5) is 22.7. The van der Waals surface area contributed by atoms with Crippen LogP contribution in [0.5, 0.6) is 0 Å². The Balaban J connectivity index is 1.24. The van der Waals surface area contributed by atoms with Crippen LogP contribution in [0.25, 0.3) is 22.3 Å². The Bertz CT molecular complexity index is 1520. The lowest BCUT2D eigenvalue weighted by Crippen LogP contribution is -2.49. The number of benzene rings is 1. The lowest BCUT2D eigenvalue weighted by atomic mass is 9.76. The summed E-state index contributed by atoms with van der Waals surface area (Å²) in [6, 6.07) is 7.54. The number of hydrogen-bond donors (Lipinski definition) is 1. The minimum atomic E-state index is -0.628. The quantitative estimate of drug-likeness (QED) is 0.272. The van der Waals surface area contributed by atoms with Crippen LogP contribution in [-0.4, -0.2) is 67.0 Å². The third-order valence-electron chi connectivity index (χ3n) is 8.67. The molecule has 1 aliphatic heterocycles. The predicted octanol–water partition coefficient (Wildman–Crippen LogP) is 6.28. The molecule has 216 valence electrons. The van der Waals surface area contributed by atoms with E-state index >= 15 is 4.39 Å². The summed E-state index contributed by atoms with van der Waals surface area (Å²) in [5.41, 5.74) is 2.45. The highest BCUT2D eigenvalue weighted by Crippen LogP contribution is 2.42. The van der Waals surface area contributed by atoms with Gasteiger partial charge in [0.05, 0.1) is 11.7 Å². The van der Waals surface area contributed by atoms with E-state index in [2.05, 4.69) is 48.0 Å². The Morgan fingerprint density at radius 1 is 0.976 bits per heavy atom. The Kier molecular flexibility index (Phi) is 7.70. The van der Waals surface area contributed by atoms with Crippen molar-refractivity contribution in [3.8, 4) is 11.3 Å². The van der Waals surface area contributed by atoms with Crippen LogP contribution in [0, 0.1) is 24.5 Å². The van der Waals surface area contributed by atoms with Gasteiger partial charge in [0.15, 0.2) is 11.6 Å². The van der Waals surface area contributed by atoms with Crippen LogP contribution in [0.4, 0.5) is 20.5 Å². The van der Waals surface area contributed by atoms with Gasteiger partial charge in [-0.3, -0.25) is 4.90 Å². The maximum atomic E-state index is 15.1. The standard InChI is InChI=1S/C31H38F2N8/c1-5-39-11-13-40(14-12-39)30(21-7-6-8-21)22-9-10-27(34-17-22)37-31-35-18-25(33)28(38-31)23-15-24(32)29-26(16-23)41(19(2)3)20(4)36-29/h9-10,15-19,21,30H,5-8,11-14H2,1-4H3,(H,34,35,37,38). The molecule has 3 aromatic heterocycles. The maximum absolute atomic E-state index is 15.1. The van der Waals surface area contributed by atoms with Crippen molar-refractivity contribution in [1.29, 1.82) is 0 Å². The first-order chi connectivity index (χ1) is 19.8. The highest BCUT2D eigenvalue weighted by atomic mass is 19.1. The summed E-state index contributed by atoms with van der Waals surface area (Å²) in [6.07, 6.45) is 6.86. The molecular formula is C31H38F2N8. The number of imidazole rings is 1. The van der Waals surface area contributed by atoms with E-state index in [1.54, 1.807) is 6.07 Å². The fourth-order valence-corrected chi connectivity index (χ4v) is 6.35. The Labute approximate surface area is 239 Å². The van der Waals surface area contributed by atoms with Gasteiger partial charge in [0.2, 0.25) is 5.95 Å². The fraction of sp³-hybridized carbons (Fsp3) is 0.484. The molecule has 1 atom stereocenters. The van der Waals surface area contributed by atoms with Gasteiger partial charge in [-0.05, 0) is 69.8 Å². The molecule has 1 saturated carbocycles. The third kappa shape index (κ3) is 5.42. The summed E-state index contributed by atoms with van der Waals surface area (Å²) in [5.74, 6) is 0.999. The van der Waals surface area contributed by atoms with Crippen molar-refractivity contribution in [3.05, 3.63) is 59.7 Å². The maximum Gasteiger partial charge on any atom is 0.229 e. The molecule has 8 nitrogen and oxygen atoms in total. The molecule has 41 heavy (non-hydrogen) atoms. The van der Waals surface area contributed by atoms with E-state index in [0.717, 1.165) is 38.9 Å². The van der Waals surface area contributed by atoms with Crippen LogP contribution < -0.4 is 5.32 Å². The second-order valence-corrected chi connectivity index (χ2v) is 11.5. The number of likely N-dealkylation sites (N-methyl/N-ethyl adjacent to an activating group) is 1.